The van der Waals surface area contributed by atoms with E-state index in [-0.39, 0.29) is 13.1 Å². The van der Waals surface area contributed by atoms with Gasteiger partial charge in [0.25, 0.3) is 10.1 Å². The van der Waals surface area contributed by atoms with Gasteiger partial charge in [-0.05, 0) is 0 Å². The first-order chi connectivity index (χ1) is 5.89. The molecule has 0 heterocycles. The third-order valence-electron chi connectivity index (χ3n) is 1.29. The molecule has 0 bridgehead atoms. The molecule has 0 aliphatic rings. The minimum atomic E-state index is -4.55. The smallest absolute Gasteiger partial charge is 0.325 e. The fraction of sp³-hybridized carbons (Fsp3) is 0.800. The van der Waals surface area contributed by atoms with Crippen LogP contribution in [-0.2, 0) is 14.9 Å². The predicted octanol–water partition coefficient (Wildman–Crippen LogP) is -2.12. The summed E-state index contributed by atoms with van der Waals surface area (Å²) in [5, 5.41) is 9.04. The quantitative estimate of drug-likeness (QED) is 0.292. The van der Waals surface area contributed by atoms with Crippen LogP contribution in [0.2, 0.25) is 0 Å². The van der Waals surface area contributed by atoms with Crippen LogP contribution < -0.4 is 11.1 Å². The predicted molar refractivity (Wildman–Crippen MR) is 44.9 cm³/mol. The summed E-state index contributed by atoms with van der Waals surface area (Å²) >= 11 is 0. The molecule has 0 radical (unpaired) electrons. The van der Waals surface area contributed by atoms with Crippen molar-refractivity contribution in [2.45, 2.75) is 5.25 Å². The highest BCUT2D eigenvalue weighted by Gasteiger charge is 2.29. The van der Waals surface area contributed by atoms with Crippen molar-refractivity contribution in [1.29, 1.82) is 0 Å². The van der Waals surface area contributed by atoms with Crippen LogP contribution in [-0.4, -0.2) is 48.9 Å². The molecule has 0 rings (SSSR count). The molecule has 8 heteroatoms. The monoisotopic (exact) mass is 212 g/mol. The summed E-state index contributed by atoms with van der Waals surface area (Å²) in [6.45, 7) is 0.197. The lowest BCUT2D eigenvalue weighted by atomic mass is 10.4. The van der Waals surface area contributed by atoms with Crippen molar-refractivity contribution in [3.8, 4) is 0 Å². The highest BCUT2D eigenvalue weighted by molar-refractivity contribution is 7.87. The SMILES string of the molecule is NCCNCC(C(=O)O)S(=O)(=O)O. The minimum Gasteiger partial charge on any atom is -0.480 e. The molecule has 13 heavy (non-hydrogen) atoms. The molecule has 5 N–H and O–H groups in total. The molecular weight excluding hydrogens is 200 g/mol. The number of hydrogen-bond donors (Lipinski definition) is 4. The van der Waals surface area contributed by atoms with Gasteiger partial charge < -0.3 is 16.2 Å². The van der Waals surface area contributed by atoms with Crippen LogP contribution >= 0.6 is 0 Å². The first-order valence-electron chi connectivity index (χ1n) is 3.49. The molecule has 1 unspecified atom stereocenters. The molecule has 7 nitrogen and oxygen atoms in total. The second kappa shape index (κ2) is 5.12. The summed E-state index contributed by atoms with van der Waals surface area (Å²) in [7, 11) is -4.55. The Balaban J connectivity index is 4.22. The van der Waals surface area contributed by atoms with E-state index in [0.29, 0.717) is 6.54 Å². The number of carboxylic acid groups (broad SMARTS) is 1. The van der Waals surface area contributed by atoms with Crippen molar-refractivity contribution in [2.75, 3.05) is 19.6 Å². The Kier molecular flexibility index (Phi) is 4.85. The summed E-state index contributed by atoms with van der Waals surface area (Å²) in [6, 6.07) is 0. The first-order valence-corrected chi connectivity index (χ1v) is 4.99. The van der Waals surface area contributed by atoms with E-state index < -0.39 is 21.3 Å². The molecule has 0 aromatic heterocycles. The maximum absolute atomic E-state index is 10.5. The van der Waals surface area contributed by atoms with Crippen molar-refractivity contribution < 1.29 is 22.9 Å². The zero-order chi connectivity index (χ0) is 10.5. The zero-order valence-corrected chi connectivity index (χ0v) is 7.62. The van der Waals surface area contributed by atoms with Gasteiger partial charge >= 0.3 is 5.97 Å². The fourth-order valence-corrected chi connectivity index (χ4v) is 1.24. The van der Waals surface area contributed by atoms with Gasteiger partial charge in [0.2, 0.25) is 0 Å². The van der Waals surface area contributed by atoms with Gasteiger partial charge in [0.15, 0.2) is 5.25 Å². The molecule has 0 amide bonds. The lowest BCUT2D eigenvalue weighted by Crippen LogP contribution is -2.40. The second-order valence-corrected chi connectivity index (χ2v) is 3.93. The lowest BCUT2D eigenvalue weighted by molar-refractivity contribution is -0.136. The third-order valence-corrected chi connectivity index (χ3v) is 2.37. The van der Waals surface area contributed by atoms with Crippen molar-refractivity contribution in [1.82, 2.24) is 5.32 Å². The molecule has 0 aromatic rings. The van der Waals surface area contributed by atoms with Crippen LogP contribution in [0.5, 0.6) is 0 Å². The van der Waals surface area contributed by atoms with E-state index >= 15 is 0 Å². The molecule has 0 fully saturated rings. The van der Waals surface area contributed by atoms with Crippen LogP contribution in [0.25, 0.3) is 0 Å². The van der Waals surface area contributed by atoms with E-state index in [9.17, 15) is 13.2 Å². The van der Waals surface area contributed by atoms with Gasteiger partial charge in [0.1, 0.15) is 0 Å². The Morgan fingerprint density at radius 3 is 2.38 bits per heavy atom. The molecule has 0 aromatic carbocycles. The van der Waals surface area contributed by atoms with Crippen LogP contribution in [0.15, 0.2) is 0 Å². The first kappa shape index (κ1) is 12.3. The Morgan fingerprint density at radius 1 is 1.54 bits per heavy atom. The van der Waals surface area contributed by atoms with E-state index in [1.165, 1.54) is 0 Å². The number of carboxylic acids is 1. The van der Waals surface area contributed by atoms with Crippen LogP contribution in [0.4, 0.5) is 0 Å². The molecule has 0 aliphatic heterocycles. The number of nitrogens with two attached hydrogens (primary N) is 1. The standard InChI is InChI=1S/C5H12N2O5S/c6-1-2-7-3-4(5(8)9)13(10,11)12/h4,7H,1-3,6H2,(H,8,9)(H,10,11,12). The number of nitrogens with one attached hydrogen (secondary N) is 1. The van der Waals surface area contributed by atoms with Crippen molar-refractivity contribution in [2.24, 2.45) is 5.73 Å². The van der Waals surface area contributed by atoms with Gasteiger partial charge in [-0.15, -0.1) is 0 Å². The Labute approximate surface area is 75.7 Å². The second-order valence-electron chi connectivity index (χ2n) is 2.33. The van der Waals surface area contributed by atoms with Gasteiger partial charge in [-0.3, -0.25) is 9.35 Å². The molecule has 0 spiro atoms. The zero-order valence-electron chi connectivity index (χ0n) is 6.80. The van der Waals surface area contributed by atoms with E-state index in [2.05, 4.69) is 5.32 Å². The number of aliphatic carboxylic acids is 1. The van der Waals surface area contributed by atoms with Crippen molar-refractivity contribution >= 4 is 16.1 Å². The van der Waals surface area contributed by atoms with Crippen molar-refractivity contribution in [3.63, 3.8) is 0 Å². The Bertz CT molecular complexity index is 262. The van der Waals surface area contributed by atoms with Crippen molar-refractivity contribution in [3.05, 3.63) is 0 Å². The average molecular weight is 212 g/mol. The molecule has 1 atom stereocenters. The van der Waals surface area contributed by atoms with E-state index in [1.54, 1.807) is 0 Å². The highest BCUT2D eigenvalue weighted by atomic mass is 32.2. The average Bonchev–Trinajstić information content (AvgIpc) is 1.94. The minimum absolute atomic E-state index is 0.262. The molecular formula is C5H12N2O5S. The van der Waals surface area contributed by atoms with Gasteiger partial charge in [-0.2, -0.15) is 8.42 Å². The van der Waals surface area contributed by atoms with Gasteiger partial charge in [-0.1, -0.05) is 0 Å². The van der Waals surface area contributed by atoms with Crippen LogP contribution in [0.1, 0.15) is 0 Å². The summed E-state index contributed by atoms with van der Waals surface area (Å²) in [5.74, 6) is -1.59. The van der Waals surface area contributed by atoms with E-state index in [0.717, 1.165) is 0 Å². The molecule has 78 valence electrons. The lowest BCUT2D eigenvalue weighted by Gasteiger charge is -2.09. The largest absolute Gasteiger partial charge is 0.480 e. The summed E-state index contributed by atoms with van der Waals surface area (Å²) in [5.41, 5.74) is 5.08. The fourth-order valence-electron chi connectivity index (χ4n) is 0.655. The maximum atomic E-state index is 10.5. The van der Waals surface area contributed by atoms with Crippen LogP contribution in [0.3, 0.4) is 0 Å². The van der Waals surface area contributed by atoms with Gasteiger partial charge in [0, 0.05) is 19.6 Å². The van der Waals surface area contributed by atoms with Gasteiger partial charge in [0.05, 0.1) is 0 Å². The maximum Gasteiger partial charge on any atom is 0.325 e. The number of rotatable bonds is 6. The number of hydrogen-bond acceptors (Lipinski definition) is 5. The number of carbonyl (C=O) groups is 1. The normalized spacial score (nSPS) is 14.0. The van der Waals surface area contributed by atoms with E-state index in [4.69, 9.17) is 15.4 Å². The topological polar surface area (TPSA) is 130 Å². The molecule has 0 aliphatic carbocycles. The molecule has 0 saturated carbocycles. The summed E-state index contributed by atoms with van der Waals surface area (Å²) in [4.78, 5) is 10.3. The van der Waals surface area contributed by atoms with Crippen LogP contribution in [0, 0.1) is 0 Å². The Morgan fingerprint density at radius 2 is 2.08 bits per heavy atom. The summed E-state index contributed by atoms with van der Waals surface area (Å²) < 4.78 is 29.4. The highest BCUT2D eigenvalue weighted by Crippen LogP contribution is 1.96. The summed E-state index contributed by atoms with van der Waals surface area (Å²) in [6.07, 6.45) is 0. The van der Waals surface area contributed by atoms with Gasteiger partial charge in [-0.25, -0.2) is 0 Å². The molecule has 0 saturated heterocycles. The third kappa shape index (κ3) is 4.78. The Hall–Kier alpha value is -0.700. The van der Waals surface area contributed by atoms with E-state index in [1.807, 2.05) is 0 Å².